The number of likely N-dealkylation sites (N-methyl/N-ethyl adjacent to an activating group) is 1. The first kappa shape index (κ1) is 17.1. The van der Waals surface area contributed by atoms with Crippen molar-refractivity contribution in [2.75, 3.05) is 13.6 Å². The van der Waals surface area contributed by atoms with Gasteiger partial charge in [-0.2, -0.15) is 5.26 Å². The predicted molar refractivity (Wildman–Crippen MR) is 89.9 cm³/mol. The van der Waals surface area contributed by atoms with E-state index in [1.807, 2.05) is 6.07 Å². The Labute approximate surface area is 146 Å². The fraction of sp³-hybridized carbons (Fsp3) is 0.368. The molecule has 6 nitrogen and oxygen atoms in total. The quantitative estimate of drug-likeness (QED) is 0.837. The molecule has 1 saturated carbocycles. The Morgan fingerprint density at radius 3 is 2.72 bits per heavy atom. The van der Waals surface area contributed by atoms with Crippen LogP contribution in [0.4, 0.5) is 0 Å². The number of hydrogen-bond acceptors (Lipinski definition) is 5. The molecule has 130 valence electrons. The second-order valence-electron chi connectivity index (χ2n) is 6.28. The van der Waals surface area contributed by atoms with Gasteiger partial charge < -0.3 is 19.2 Å². The van der Waals surface area contributed by atoms with E-state index in [1.54, 1.807) is 43.4 Å². The molecule has 1 N–H and O–H groups in total. The summed E-state index contributed by atoms with van der Waals surface area (Å²) in [5.41, 5.74) is 0.564. The van der Waals surface area contributed by atoms with Gasteiger partial charge in [-0.15, -0.1) is 0 Å². The van der Waals surface area contributed by atoms with E-state index in [9.17, 15) is 9.90 Å². The number of carbonyl (C=O) groups is 1. The number of carbonyl (C=O) groups excluding carboxylic acids is 1. The van der Waals surface area contributed by atoms with Gasteiger partial charge in [0, 0.05) is 13.6 Å². The lowest BCUT2D eigenvalue weighted by atomic mass is 10.2. The molecule has 1 amide bonds. The van der Waals surface area contributed by atoms with Crippen molar-refractivity contribution in [2.45, 2.75) is 25.6 Å². The van der Waals surface area contributed by atoms with Crippen LogP contribution in [0.5, 0.6) is 5.75 Å². The van der Waals surface area contributed by atoms with E-state index in [4.69, 9.17) is 14.4 Å². The van der Waals surface area contributed by atoms with Gasteiger partial charge in [-0.1, -0.05) is 0 Å². The first-order valence-electron chi connectivity index (χ1n) is 8.22. The molecule has 3 rings (SSSR count). The van der Waals surface area contributed by atoms with E-state index in [0.29, 0.717) is 29.5 Å². The zero-order valence-electron chi connectivity index (χ0n) is 14.0. The molecule has 1 heterocycles. The second kappa shape index (κ2) is 7.41. The zero-order chi connectivity index (χ0) is 17.8. The highest BCUT2D eigenvalue weighted by molar-refractivity contribution is 5.91. The summed E-state index contributed by atoms with van der Waals surface area (Å²) in [7, 11) is 1.66. The number of aliphatic hydroxyl groups is 1. The van der Waals surface area contributed by atoms with Crippen molar-refractivity contribution >= 4 is 5.91 Å². The van der Waals surface area contributed by atoms with Crippen molar-refractivity contribution in [3.05, 3.63) is 53.5 Å². The molecule has 1 aromatic heterocycles. The first-order chi connectivity index (χ1) is 12.1. The van der Waals surface area contributed by atoms with E-state index in [1.165, 1.54) is 4.90 Å². The van der Waals surface area contributed by atoms with Gasteiger partial charge in [0.1, 0.15) is 18.1 Å². The van der Waals surface area contributed by atoms with Crippen LogP contribution in [0.25, 0.3) is 0 Å². The lowest BCUT2D eigenvalue weighted by molar-refractivity contribution is 0.0614. The van der Waals surface area contributed by atoms with E-state index < -0.39 is 6.10 Å². The molecule has 1 aliphatic carbocycles. The zero-order valence-corrected chi connectivity index (χ0v) is 14.0. The number of hydrogen-bond donors (Lipinski definition) is 1. The van der Waals surface area contributed by atoms with Crippen molar-refractivity contribution in [1.29, 1.82) is 5.26 Å². The Balaban J connectivity index is 1.53. The van der Waals surface area contributed by atoms with Gasteiger partial charge in [-0.25, -0.2) is 0 Å². The summed E-state index contributed by atoms with van der Waals surface area (Å²) in [4.78, 5) is 13.8. The van der Waals surface area contributed by atoms with Crippen molar-refractivity contribution in [1.82, 2.24) is 4.90 Å². The Hall–Kier alpha value is -2.78. The Morgan fingerprint density at radius 2 is 2.08 bits per heavy atom. The molecule has 1 unspecified atom stereocenters. The summed E-state index contributed by atoms with van der Waals surface area (Å²) in [6.07, 6.45) is 1.59. The highest BCUT2D eigenvalue weighted by Gasteiger charge is 2.31. The van der Waals surface area contributed by atoms with Crippen molar-refractivity contribution in [3.63, 3.8) is 0 Å². The van der Waals surface area contributed by atoms with E-state index in [2.05, 4.69) is 0 Å². The number of amides is 1. The molecule has 25 heavy (non-hydrogen) atoms. The molecule has 0 bridgehead atoms. The standard InChI is InChI=1S/C19H20N2O4/c1-21(11-17(22)14-4-5-14)19(23)18-9-8-16(25-18)12-24-15-6-2-13(10-20)3-7-15/h2-3,6-9,14,17,22H,4-5,11-12H2,1H3. The number of nitrogens with zero attached hydrogens (tertiary/aromatic N) is 2. The third-order valence-corrected chi connectivity index (χ3v) is 4.21. The Kier molecular flexibility index (Phi) is 5.05. The van der Waals surface area contributed by atoms with Crippen LogP contribution in [-0.4, -0.2) is 35.6 Å². The topological polar surface area (TPSA) is 86.7 Å². The number of aliphatic hydroxyl groups excluding tert-OH is 1. The smallest absolute Gasteiger partial charge is 0.289 e. The monoisotopic (exact) mass is 340 g/mol. The maximum absolute atomic E-state index is 12.3. The van der Waals surface area contributed by atoms with Gasteiger partial charge >= 0.3 is 0 Å². The molecule has 1 fully saturated rings. The minimum atomic E-state index is -0.469. The van der Waals surface area contributed by atoms with Gasteiger partial charge in [-0.05, 0) is 55.2 Å². The summed E-state index contributed by atoms with van der Waals surface area (Å²) in [6.45, 7) is 0.495. The Bertz CT molecular complexity index is 771. The molecule has 0 spiro atoms. The highest BCUT2D eigenvalue weighted by atomic mass is 16.5. The van der Waals surface area contributed by atoms with Gasteiger partial charge in [0.05, 0.1) is 17.7 Å². The molecule has 0 aliphatic heterocycles. The second-order valence-corrected chi connectivity index (χ2v) is 6.28. The van der Waals surface area contributed by atoms with Gasteiger partial charge in [-0.3, -0.25) is 4.79 Å². The fourth-order valence-electron chi connectivity index (χ4n) is 2.53. The van der Waals surface area contributed by atoms with Crippen LogP contribution in [0.2, 0.25) is 0 Å². The lowest BCUT2D eigenvalue weighted by Gasteiger charge is -2.19. The molecule has 1 aliphatic rings. The molecule has 2 aromatic rings. The summed E-state index contributed by atoms with van der Waals surface area (Å²) >= 11 is 0. The first-order valence-corrected chi connectivity index (χ1v) is 8.22. The van der Waals surface area contributed by atoms with Crippen LogP contribution in [0, 0.1) is 17.2 Å². The molecular weight excluding hydrogens is 320 g/mol. The van der Waals surface area contributed by atoms with Crippen LogP contribution >= 0.6 is 0 Å². The molecular formula is C19H20N2O4. The summed E-state index contributed by atoms with van der Waals surface area (Å²) < 4.78 is 11.1. The van der Waals surface area contributed by atoms with Crippen LogP contribution < -0.4 is 4.74 Å². The largest absolute Gasteiger partial charge is 0.486 e. The molecule has 0 saturated heterocycles. The van der Waals surface area contributed by atoms with E-state index >= 15 is 0 Å². The molecule has 1 aromatic carbocycles. The normalized spacial score (nSPS) is 14.6. The number of rotatable bonds is 7. The van der Waals surface area contributed by atoms with E-state index in [-0.39, 0.29) is 18.3 Å². The minimum Gasteiger partial charge on any atom is -0.486 e. The maximum Gasteiger partial charge on any atom is 0.289 e. The van der Waals surface area contributed by atoms with Crippen LogP contribution in [0.15, 0.2) is 40.8 Å². The summed E-state index contributed by atoms with van der Waals surface area (Å²) in [5.74, 6) is 1.44. The van der Waals surface area contributed by atoms with Crippen molar-refractivity contribution < 1.29 is 19.1 Å². The van der Waals surface area contributed by atoms with Crippen LogP contribution in [0.3, 0.4) is 0 Å². The van der Waals surface area contributed by atoms with E-state index in [0.717, 1.165) is 12.8 Å². The molecule has 1 atom stereocenters. The number of nitriles is 1. The summed E-state index contributed by atoms with van der Waals surface area (Å²) in [5, 5.41) is 18.7. The van der Waals surface area contributed by atoms with Crippen LogP contribution in [-0.2, 0) is 6.61 Å². The van der Waals surface area contributed by atoms with Gasteiger partial charge in [0.2, 0.25) is 0 Å². The average molecular weight is 340 g/mol. The van der Waals surface area contributed by atoms with Crippen LogP contribution in [0.1, 0.15) is 34.7 Å². The predicted octanol–water partition coefficient (Wildman–Crippen LogP) is 2.57. The molecule has 0 radical (unpaired) electrons. The average Bonchev–Trinajstić information content (AvgIpc) is 3.38. The summed E-state index contributed by atoms with van der Waals surface area (Å²) in [6, 6.07) is 12.1. The number of ether oxygens (including phenoxy) is 1. The third-order valence-electron chi connectivity index (χ3n) is 4.21. The Morgan fingerprint density at radius 1 is 1.36 bits per heavy atom. The van der Waals surface area contributed by atoms with Gasteiger partial charge in [0.15, 0.2) is 5.76 Å². The van der Waals surface area contributed by atoms with Gasteiger partial charge in [0.25, 0.3) is 5.91 Å². The van der Waals surface area contributed by atoms with Crippen molar-refractivity contribution in [2.24, 2.45) is 5.92 Å². The third kappa shape index (κ3) is 4.40. The number of benzene rings is 1. The lowest BCUT2D eigenvalue weighted by Crippen LogP contribution is -2.35. The number of furan rings is 1. The maximum atomic E-state index is 12.3. The van der Waals surface area contributed by atoms with Crippen molar-refractivity contribution in [3.8, 4) is 11.8 Å². The molecule has 6 heteroatoms. The SMILES string of the molecule is CN(CC(O)C1CC1)C(=O)c1ccc(COc2ccc(C#N)cc2)o1. The highest BCUT2D eigenvalue weighted by Crippen LogP contribution is 2.32. The fourth-order valence-corrected chi connectivity index (χ4v) is 2.53. The minimum absolute atomic E-state index is 0.188.